The predicted molar refractivity (Wildman–Crippen MR) is 119 cm³/mol. The first kappa shape index (κ1) is 22.8. The van der Waals surface area contributed by atoms with Gasteiger partial charge in [-0.25, -0.2) is 0 Å². The summed E-state index contributed by atoms with van der Waals surface area (Å²) in [6, 6.07) is 5.76. The maximum absolute atomic E-state index is 5.36. The van der Waals surface area contributed by atoms with Gasteiger partial charge in [0.2, 0.25) is 0 Å². The Labute approximate surface area is 174 Å². The van der Waals surface area contributed by atoms with Crippen molar-refractivity contribution in [1.82, 2.24) is 10.2 Å². The van der Waals surface area contributed by atoms with Crippen LogP contribution in [0.5, 0.6) is 11.5 Å². The Bertz CT molecular complexity index is 568. The molecule has 1 atom stereocenters. The van der Waals surface area contributed by atoms with Gasteiger partial charge in [-0.3, -0.25) is 4.99 Å². The molecule has 6 nitrogen and oxygen atoms in total. The number of nitrogens with one attached hydrogen (secondary N) is 2. The van der Waals surface area contributed by atoms with Crippen LogP contribution >= 0.6 is 24.0 Å². The summed E-state index contributed by atoms with van der Waals surface area (Å²) in [4.78, 5) is 7.22. The zero-order valence-corrected chi connectivity index (χ0v) is 18.7. The maximum atomic E-state index is 5.36. The summed E-state index contributed by atoms with van der Waals surface area (Å²) < 4.78 is 10.6. The van der Waals surface area contributed by atoms with Gasteiger partial charge in [-0.05, 0) is 44.4 Å². The molecule has 0 aliphatic carbocycles. The van der Waals surface area contributed by atoms with Crippen LogP contribution in [0.2, 0.25) is 0 Å². The summed E-state index contributed by atoms with van der Waals surface area (Å²) in [7, 11) is 3.28. The number of benzene rings is 1. The highest BCUT2D eigenvalue weighted by Gasteiger charge is 2.15. The van der Waals surface area contributed by atoms with E-state index in [9.17, 15) is 0 Å². The Kier molecular flexibility index (Phi) is 10.7. The third-order valence-corrected chi connectivity index (χ3v) is 4.42. The number of halogens is 1. The molecule has 1 unspecified atom stereocenters. The van der Waals surface area contributed by atoms with E-state index in [0.29, 0.717) is 11.5 Å². The van der Waals surface area contributed by atoms with Crippen LogP contribution in [-0.4, -0.2) is 57.8 Å². The molecule has 2 N–H and O–H groups in total. The molecular weight excluding hydrogens is 443 g/mol. The first-order valence-electron chi connectivity index (χ1n) is 9.16. The summed E-state index contributed by atoms with van der Waals surface area (Å²) in [6.45, 7) is 9.40. The van der Waals surface area contributed by atoms with Gasteiger partial charge in [0, 0.05) is 31.4 Å². The fourth-order valence-electron chi connectivity index (χ4n) is 3.15. The van der Waals surface area contributed by atoms with Crippen LogP contribution < -0.4 is 20.1 Å². The number of piperidine rings is 1. The molecule has 2 rings (SSSR count). The Balaban J connectivity index is 0.00000338. The van der Waals surface area contributed by atoms with Gasteiger partial charge in [0.05, 0.1) is 20.8 Å². The molecular formula is C19H33IN4O2. The lowest BCUT2D eigenvalue weighted by Crippen LogP contribution is -2.37. The Morgan fingerprint density at radius 3 is 2.69 bits per heavy atom. The van der Waals surface area contributed by atoms with Gasteiger partial charge < -0.3 is 25.0 Å². The lowest BCUT2D eigenvalue weighted by molar-refractivity contribution is 0.189. The molecule has 7 heteroatoms. The van der Waals surface area contributed by atoms with Gasteiger partial charge in [0.25, 0.3) is 0 Å². The van der Waals surface area contributed by atoms with E-state index in [1.165, 1.54) is 25.9 Å². The van der Waals surface area contributed by atoms with Gasteiger partial charge >= 0.3 is 0 Å². The largest absolute Gasteiger partial charge is 0.493 e. The van der Waals surface area contributed by atoms with E-state index in [-0.39, 0.29) is 24.0 Å². The number of methoxy groups -OCH3 is 2. The fraction of sp³-hybridized carbons (Fsp3) is 0.632. The highest BCUT2D eigenvalue weighted by atomic mass is 127. The topological polar surface area (TPSA) is 58.1 Å². The summed E-state index contributed by atoms with van der Waals surface area (Å²) in [5.41, 5.74) is 0.920. The number of hydrogen-bond donors (Lipinski definition) is 2. The van der Waals surface area contributed by atoms with Gasteiger partial charge in [-0.2, -0.15) is 0 Å². The standard InChI is InChI=1S/C19H32N4O2.HI/c1-5-20-19(21-10-12-23-11-6-7-15(2)14-23)22-16-8-9-17(24-3)18(13-16)25-4;/h8-9,13,15H,5-7,10-12,14H2,1-4H3,(H2,20,21,22);1H. The molecule has 1 heterocycles. The van der Waals surface area contributed by atoms with Gasteiger partial charge in [0.15, 0.2) is 17.5 Å². The van der Waals surface area contributed by atoms with Crippen molar-refractivity contribution in [2.45, 2.75) is 26.7 Å². The number of guanidine groups is 1. The zero-order chi connectivity index (χ0) is 18.1. The Morgan fingerprint density at radius 2 is 2.04 bits per heavy atom. The molecule has 1 aromatic carbocycles. The fourth-order valence-corrected chi connectivity index (χ4v) is 3.15. The second-order valence-corrected chi connectivity index (χ2v) is 6.50. The highest BCUT2D eigenvalue weighted by molar-refractivity contribution is 14.0. The molecule has 1 saturated heterocycles. The number of hydrogen-bond acceptors (Lipinski definition) is 4. The van der Waals surface area contributed by atoms with Crippen molar-refractivity contribution in [2.24, 2.45) is 10.9 Å². The molecule has 1 aromatic rings. The minimum atomic E-state index is 0. The van der Waals surface area contributed by atoms with E-state index in [1.807, 2.05) is 18.2 Å². The Hall–Kier alpha value is -1.22. The summed E-state index contributed by atoms with van der Waals surface area (Å²) in [6.07, 6.45) is 2.65. The van der Waals surface area contributed by atoms with E-state index in [2.05, 4.69) is 29.4 Å². The van der Waals surface area contributed by atoms with Crippen LogP contribution in [0, 0.1) is 5.92 Å². The molecule has 26 heavy (non-hydrogen) atoms. The van der Waals surface area contributed by atoms with Crippen molar-refractivity contribution in [3.8, 4) is 11.5 Å². The van der Waals surface area contributed by atoms with Crippen molar-refractivity contribution < 1.29 is 9.47 Å². The maximum Gasteiger partial charge on any atom is 0.195 e. The number of nitrogens with zero attached hydrogens (tertiary/aromatic N) is 2. The van der Waals surface area contributed by atoms with E-state index >= 15 is 0 Å². The van der Waals surface area contributed by atoms with E-state index in [0.717, 1.165) is 37.2 Å². The molecule has 1 aliphatic heterocycles. The first-order valence-corrected chi connectivity index (χ1v) is 9.16. The SMILES string of the molecule is CCNC(=NCCN1CCCC(C)C1)Nc1ccc(OC)c(OC)c1.I. The monoisotopic (exact) mass is 476 g/mol. The van der Waals surface area contributed by atoms with Gasteiger partial charge in [-0.1, -0.05) is 6.92 Å². The number of anilines is 1. The summed E-state index contributed by atoms with van der Waals surface area (Å²) >= 11 is 0. The predicted octanol–water partition coefficient (Wildman–Crippen LogP) is 3.43. The Morgan fingerprint density at radius 1 is 1.27 bits per heavy atom. The molecule has 0 bridgehead atoms. The second-order valence-electron chi connectivity index (χ2n) is 6.50. The lowest BCUT2D eigenvalue weighted by atomic mass is 10.0. The lowest BCUT2D eigenvalue weighted by Gasteiger charge is -2.30. The third-order valence-electron chi connectivity index (χ3n) is 4.42. The molecule has 0 saturated carbocycles. The number of likely N-dealkylation sites (tertiary alicyclic amines) is 1. The average Bonchev–Trinajstić information content (AvgIpc) is 2.62. The van der Waals surface area contributed by atoms with E-state index < -0.39 is 0 Å². The molecule has 0 radical (unpaired) electrons. The van der Waals surface area contributed by atoms with Gasteiger partial charge in [0.1, 0.15) is 0 Å². The average molecular weight is 476 g/mol. The zero-order valence-electron chi connectivity index (χ0n) is 16.4. The van der Waals surface area contributed by atoms with Crippen LogP contribution in [0.1, 0.15) is 26.7 Å². The molecule has 148 valence electrons. The third kappa shape index (κ3) is 7.19. The number of aliphatic imine (C=N–C) groups is 1. The summed E-state index contributed by atoms with van der Waals surface area (Å²) in [5, 5.41) is 6.63. The van der Waals surface area contributed by atoms with E-state index in [1.54, 1.807) is 14.2 Å². The van der Waals surface area contributed by atoms with Gasteiger partial charge in [-0.15, -0.1) is 24.0 Å². The van der Waals surface area contributed by atoms with Crippen LogP contribution in [0.4, 0.5) is 5.69 Å². The smallest absolute Gasteiger partial charge is 0.195 e. The molecule has 1 aliphatic rings. The van der Waals surface area contributed by atoms with E-state index in [4.69, 9.17) is 14.5 Å². The van der Waals surface area contributed by atoms with Crippen molar-refractivity contribution in [2.75, 3.05) is 52.3 Å². The summed E-state index contributed by atoms with van der Waals surface area (Å²) in [5.74, 6) is 3.01. The number of ether oxygens (including phenoxy) is 2. The molecule has 0 spiro atoms. The van der Waals surface area contributed by atoms with Crippen LogP contribution in [0.25, 0.3) is 0 Å². The van der Waals surface area contributed by atoms with Crippen LogP contribution in [0.15, 0.2) is 23.2 Å². The van der Waals surface area contributed by atoms with Crippen molar-refractivity contribution in [3.63, 3.8) is 0 Å². The van der Waals surface area contributed by atoms with Crippen molar-refractivity contribution in [3.05, 3.63) is 18.2 Å². The number of rotatable bonds is 7. The van der Waals surface area contributed by atoms with Crippen LogP contribution in [0.3, 0.4) is 0 Å². The second kappa shape index (κ2) is 12.2. The van der Waals surface area contributed by atoms with Crippen LogP contribution in [-0.2, 0) is 0 Å². The highest BCUT2D eigenvalue weighted by Crippen LogP contribution is 2.29. The minimum Gasteiger partial charge on any atom is -0.493 e. The minimum absolute atomic E-state index is 0. The first-order chi connectivity index (χ1) is 12.2. The molecule has 1 fully saturated rings. The van der Waals surface area contributed by atoms with Crippen molar-refractivity contribution in [1.29, 1.82) is 0 Å². The normalized spacial score (nSPS) is 18.0. The molecule has 0 aromatic heterocycles. The van der Waals surface area contributed by atoms with Crippen molar-refractivity contribution >= 4 is 35.6 Å². The molecule has 0 amide bonds. The quantitative estimate of drug-likeness (QED) is 0.359.